The highest BCUT2D eigenvalue weighted by atomic mass is 16.1. The van der Waals surface area contributed by atoms with Crippen LogP contribution in [-0.2, 0) is 10.2 Å². The number of imidazole rings is 1. The second-order valence-corrected chi connectivity index (χ2v) is 5.88. The summed E-state index contributed by atoms with van der Waals surface area (Å²) in [6, 6.07) is 5.06. The van der Waals surface area contributed by atoms with Crippen molar-refractivity contribution >= 4 is 22.6 Å². The molecule has 0 aliphatic heterocycles. The number of nitrogens with two attached hydrogens (primary N) is 2. The monoisotopic (exact) mass is 260 g/mol. The molecule has 19 heavy (non-hydrogen) atoms. The van der Waals surface area contributed by atoms with Crippen molar-refractivity contribution < 1.29 is 4.79 Å². The Balaban J connectivity index is 2.79. The van der Waals surface area contributed by atoms with E-state index in [4.69, 9.17) is 11.5 Å². The third kappa shape index (κ3) is 2.28. The summed E-state index contributed by atoms with van der Waals surface area (Å²) in [7, 11) is 0. The van der Waals surface area contributed by atoms with Gasteiger partial charge in [-0.2, -0.15) is 0 Å². The third-order valence-electron chi connectivity index (χ3n) is 3.18. The number of carbonyl (C=O) groups excluding carboxylic acids is 1. The number of nitrogens with zero attached hydrogens (tertiary/aromatic N) is 2. The van der Waals surface area contributed by atoms with Crippen molar-refractivity contribution in [3.63, 3.8) is 0 Å². The molecule has 1 heterocycles. The average Bonchev–Trinajstić information content (AvgIpc) is 2.65. The minimum atomic E-state index is -0.442. The Bertz CT molecular complexity index is 637. The molecule has 0 aliphatic carbocycles. The number of fused-ring (bicyclic) bond motifs is 1. The van der Waals surface area contributed by atoms with Gasteiger partial charge in [0.15, 0.2) is 0 Å². The van der Waals surface area contributed by atoms with Crippen molar-refractivity contribution in [3.05, 3.63) is 24.0 Å². The summed E-state index contributed by atoms with van der Waals surface area (Å²) in [5.41, 5.74) is 13.4. The summed E-state index contributed by atoms with van der Waals surface area (Å²) in [6.07, 6.45) is 0. The number of amides is 1. The van der Waals surface area contributed by atoms with Crippen LogP contribution in [0.25, 0.3) is 11.0 Å². The fourth-order valence-electron chi connectivity index (χ4n) is 2.16. The van der Waals surface area contributed by atoms with Crippen molar-refractivity contribution in [1.29, 1.82) is 0 Å². The molecule has 2 aromatic rings. The maximum absolute atomic E-state index is 11.5. The topological polar surface area (TPSA) is 86.9 Å². The molecule has 2 rings (SSSR count). The molecule has 5 nitrogen and oxygen atoms in total. The van der Waals surface area contributed by atoms with Crippen molar-refractivity contribution in [2.24, 2.45) is 5.73 Å². The van der Waals surface area contributed by atoms with E-state index in [-0.39, 0.29) is 11.3 Å². The standard InChI is InChI=1S/C14H20N4O/c1-8(12(16)19)18-11-6-5-9(15)7-10(11)17-13(18)14(2,3)4/h5-8H,15H2,1-4H3,(H2,16,19). The predicted molar refractivity (Wildman–Crippen MR) is 76.8 cm³/mol. The van der Waals surface area contributed by atoms with Crippen molar-refractivity contribution in [1.82, 2.24) is 9.55 Å². The Morgan fingerprint density at radius 3 is 2.53 bits per heavy atom. The first-order valence-corrected chi connectivity index (χ1v) is 6.29. The van der Waals surface area contributed by atoms with E-state index in [1.54, 1.807) is 13.0 Å². The molecule has 1 aromatic heterocycles. The Hall–Kier alpha value is -2.04. The molecule has 0 aliphatic rings. The number of carbonyl (C=O) groups is 1. The molecular formula is C14H20N4O. The number of benzene rings is 1. The lowest BCUT2D eigenvalue weighted by molar-refractivity contribution is -0.120. The second-order valence-electron chi connectivity index (χ2n) is 5.88. The largest absolute Gasteiger partial charge is 0.399 e. The van der Waals surface area contributed by atoms with E-state index in [9.17, 15) is 4.79 Å². The number of nitrogen functional groups attached to an aromatic ring is 1. The van der Waals surface area contributed by atoms with Crippen LogP contribution < -0.4 is 11.5 Å². The first-order chi connectivity index (χ1) is 8.71. The van der Waals surface area contributed by atoms with Crippen LogP contribution in [-0.4, -0.2) is 15.5 Å². The summed E-state index contributed by atoms with van der Waals surface area (Å²) in [4.78, 5) is 16.2. The van der Waals surface area contributed by atoms with Gasteiger partial charge in [-0.1, -0.05) is 20.8 Å². The van der Waals surface area contributed by atoms with Crippen molar-refractivity contribution in [2.45, 2.75) is 39.2 Å². The van der Waals surface area contributed by atoms with Gasteiger partial charge in [0.1, 0.15) is 11.9 Å². The smallest absolute Gasteiger partial charge is 0.240 e. The van der Waals surface area contributed by atoms with Crippen LogP contribution in [0.3, 0.4) is 0 Å². The molecule has 1 aromatic carbocycles. The lowest BCUT2D eigenvalue weighted by Gasteiger charge is -2.22. The van der Waals surface area contributed by atoms with Gasteiger partial charge in [-0.25, -0.2) is 4.98 Å². The number of rotatable bonds is 2. The van der Waals surface area contributed by atoms with Crippen LogP contribution >= 0.6 is 0 Å². The molecule has 5 heteroatoms. The van der Waals surface area contributed by atoms with Gasteiger partial charge in [0.25, 0.3) is 0 Å². The summed E-state index contributed by atoms with van der Waals surface area (Å²) < 4.78 is 1.90. The molecule has 0 bridgehead atoms. The fourth-order valence-corrected chi connectivity index (χ4v) is 2.16. The van der Waals surface area contributed by atoms with Crippen molar-refractivity contribution in [3.8, 4) is 0 Å². The van der Waals surface area contributed by atoms with E-state index in [1.807, 2.05) is 16.7 Å². The zero-order chi connectivity index (χ0) is 14.4. The highest BCUT2D eigenvalue weighted by Gasteiger charge is 2.27. The van der Waals surface area contributed by atoms with Gasteiger partial charge in [0.05, 0.1) is 11.0 Å². The van der Waals surface area contributed by atoms with E-state index in [0.29, 0.717) is 5.69 Å². The number of anilines is 1. The van der Waals surface area contributed by atoms with E-state index < -0.39 is 6.04 Å². The Kier molecular flexibility index (Phi) is 3.00. The first-order valence-electron chi connectivity index (χ1n) is 6.29. The van der Waals surface area contributed by atoms with Gasteiger partial charge < -0.3 is 16.0 Å². The molecule has 1 amide bonds. The molecule has 0 saturated carbocycles. The van der Waals surface area contributed by atoms with Crippen molar-refractivity contribution in [2.75, 3.05) is 5.73 Å². The van der Waals surface area contributed by atoms with Crippen LogP contribution in [0, 0.1) is 0 Å². The quantitative estimate of drug-likeness (QED) is 0.809. The molecule has 102 valence electrons. The minimum absolute atomic E-state index is 0.183. The van der Waals surface area contributed by atoms with Gasteiger partial charge in [0.2, 0.25) is 5.91 Å². The van der Waals surface area contributed by atoms with Gasteiger partial charge >= 0.3 is 0 Å². The molecule has 1 atom stereocenters. The Morgan fingerprint density at radius 2 is 2.00 bits per heavy atom. The molecule has 0 saturated heterocycles. The number of hydrogen-bond donors (Lipinski definition) is 2. The normalized spacial score (nSPS) is 13.7. The molecular weight excluding hydrogens is 240 g/mol. The molecule has 0 spiro atoms. The zero-order valence-electron chi connectivity index (χ0n) is 11.8. The Labute approximate surface area is 112 Å². The summed E-state index contributed by atoms with van der Waals surface area (Å²) >= 11 is 0. The summed E-state index contributed by atoms with van der Waals surface area (Å²) in [5.74, 6) is 0.459. The van der Waals surface area contributed by atoms with Crippen LogP contribution in [0.4, 0.5) is 5.69 Å². The molecule has 0 fully saturated rings. The van der Waals surface area contributed by atoms with Gasteiger partial charge in [0, 0.05) is 11.1 Å². The minimum Gasteiger partial charge on any atom is -0.399 e. The van der Waals surface area contributed by atoms with Gasteiger partial charge in [-0.15, -0.1) is 0 Å². The lowest BCUT2D eigenvalue weighted by atomic mass is 9.95. The number of aromatic nitrogens is 2. The molecule has 1 unspecified atom stereocenters. The van der Waals surface area contributed by atoms with E-state index in [0.717, 1.165) is 16.9 Å². The van der Waals surface area contributed by atoms with Gasteiger partial charge in [-0.05, 0) is 25.1 Å². The summed E-state index contributed by atoms with van der Waals surface area (Å²) in [6.45, 7) is 7.96. The fraction of sp³-hybridized carbons (Fsp3) is 0.429. The van der Waals surface area contributed by atoms with E-state index in [2.05, 4.69) is 25.8 Å². The first kappa shape index (κ1) is 13.4. The molecule has 0 radical (unpaired) electrons. The maximum Gasteiger partial charge on any atom is 0.240 e. The highest BCUT2D eigenvalue weighted by Crippen LogP contribution is 2.30. The van der Waals surface area contributed by atoms with Crippen LogP contribution in [0.15, 0.2) is 18.2 Å². The van der Waals surface area contributed by atoms with Crippen LogP contribution in [0.5, 0.6) is 0 Å². The molecule has 4 N–H and O–H groups in total. The third-order valence-corrected chi connectivity index (χ3v) is 3.18. The summed E-state index contributed by atoms with van der Waals surface area (Å²) in [5, 5.41) is 0. The Morgan fingerprint density at radius 1 is 1.37 bits per heavy atom. The SMILES string of the molecule is CC(C(N)=O)n1c(C(C)(C)C)nc2cc(N)ccc21. The highest BCUT2D eigenvalue weighted by molar-refractivity contribution is 5.84. The van der Waals surface area contributed by atoms with E-state index in [1.165, 1.54) is 0 Å². The van der Waals surface area contributed by atoms with Crippen LogP contribution in [0.1, 0.15) is 39.6 Å². The second kappa shape index (κ2) is 4.26. The number of hydrogen-bond acceptors (Lipinski definition) is 3. The van der Waals surface area contributed by atoms with Crippen LogP contribution in [0.2, 0.25) is 0 Å². The predicted octanol–water partition coefficient (Wildman–Crippen LogP) is 1.96. The number of primary amides is 1. The van der Waals surface area contributed by atoms with Gasteiger partial charge in [-0.3, -0.25) is 4.79 Å². The lowest BCUT2D eigenvalue weighted by Crippen LogP contribution is -2.28. The van der Waals surface area contributed by atoms with E-state index >= 15 is 0 Å². The zero-order valence-corrected chi connectivity index (χ0v) is 11.8. The maximum atomic E-state index is 11.5. The average molecular weight is 260 g/mol.